The lowest BCUT2D eigenvalue weighted by Gasteiger charge is -2.33. The number of hydrogen-bond donors (Lipinski definition) is 14. The number of rotatable bonds is 9. The van der Waals surface area contributed by atoms with Crippen LogP contribution in [0.2, 0.25) is 0 Å². The van der Waals surface area contributed by atoms with E-state index < -0.39 is 109 Å². The van der Waals surface area contributed by atoms with E-state index in [0.29, 0.717) is 11.1 Å². The molecule has 0 saturated carbocycles. The Labute approximate surface area is 331 Å². The maximum atomic E-state index is 14.3. The first kappa shape index (κ1) is 42.6. The first-order valence-corrected chi connectivity index (χ1v) is 18.4. The molecule has 2 aromatic rings. The molecule has 3 aliphatic rings. The number of aliphatic hydroxyl groups is 3. The molecular formula is C36H48N12O10. The lowest BCUT2D eigenvalue weighted by molar-refractivity contribution is -0.139. The largest absolute Gasteiger partial charge is 0.508 e. The van der Waals surface area contributed by atoms with E-state index in [1.807, 2.05) is 0 Å². The number of aliphatic imine (C=N–C) groups is 2. The zero-order valence-corrected chi connectivity index (χ0v) is 31.3. The second-order valence-electron chi connectivity index (χ2n) is 14.0. The first-order chi connectivity index (χ1) is 27.6. The van der Waals surface area contributed by atoms with Gasteiger partial charge in [0.05, 0.1) is 38.3 Å². The van der Waals surface area contributed by atoms with Gasteiger partial charge in [-0.3, -0.25) is 38.8 Å². The number of guanidine groups is 2. The SMILES string of the molecule is C[C@@H](c1ccccc1)[C@@H]1NC(=O)CNC(=O)[C@H](CO)NC(=O)[C@H]([C@@H](O)[C@@H]2CN=C(N)N2)NC(=O)[C@H]([C@@H](O)[C@@H]2CN=C(N)N2)NC(=O)[C@H](Cc2ccc(O)cc2)NC1=O. The predicted molar refractivity (Wildman–Crippen MR) is 205 cm³/mol. The Morgan fingerprint density at radius 2 is 1.17 bits per heavy atom. The minimum Gasteiger partial charge on any atom is -0.508 e. The number of carbonyl (C=O) groups excluding carboxylic acids is 6. The van der Waals surface area contributed by atoms with Crippen LogP contribution in [0.1, 0.15) is 24.0 Å². The Morgan fingerprint density at radius 3 is 1.71 bits per heavy atom. The zero-order valence-electron chi connectivity index (χ0n) is 31.3. The lowest BCUT2D eigenvalue weighted by Crippen LogP contribution is -2.67. The number of carbonyl (C=O) groups is 6. The molecule has 0 radical (unpaired) electrons. The number of aromatic hydroxyl groups is 1. The van der Waals surface area contributed by atoms with Gasteiger partial charge in [0.15, 0.2) is 11.9 Å². The van der Waals surface area contributed by atoms with Gasteiger partial charge in [0, 0.05) is 12.3 Å². The number of amides is 6. The van der Waals surface area contributed by atoms with Crippen molar-refractivity contribution in [2.24, 2.45) is 21.5 Å². The fraction of sp³-hybridized carbons (Fsp3) is 0.444. The molecule has 0 spiro atoms. The molecule has 10 atom stereocenters. The molecular weight excluding hydrogens is 760 g/mol. The number of nitrogens with two attached hydrogens (primary N) is 2. The van der Waals surface area contributed by atoms with Crippen LogP contribution in [0.5, 0.6) is 5.75 Å². The monoisotopic (exact) mass is 808 g/mol. The topological polar surface area (TPSA) is 356 Å². The van der Waals surface area contributed by atoms with Crippen LogP contribution in [0.25, 0.3) is 0 Å². The van der Waals surface area contributed by atoms with E-state index in [9.17, 15) is 49.2 Å². The van der Waals surface area contributed by atoms with Crippen molar-refractivity contribution in [3.63, 3.8) is 0 Å². The summed E-state index contributed by atoms with van der Waals surface area (Å²) in [7, 11) is 0. The van der Waals surface area contributed by atoms with E-state index in [0.717, 1.165) is 0 Å². The summed E-state index contributed by atoms with van der Waals surface area (Å²) in [5.74, 6) is -7.05. The van der Waals surface area contributed by atoms with E-state index >= 15 is 0 Å². The van der Waals surface area contributed by atoms with Gasteiger partial charge in [-0.15, -0.1) is 0 Å². The predicted octanol–water partition coefficient (Wildman–Crippen LogP) is -6.42. The molecule has 16 N–H and O–H groups in total. The molecule has 22 nitrogen and oxygen atoms in total. The Kier molecular flexibility index (Phi) is 14.0. The number of nitrogens with zero attached hydrogens (tertiary/aromatic N) is 2. The molecule has 0 aromatic heterocycles. The van der Waals surface area contributed by atoms with Crippen molar-refractivity contribution in [1.29, 1.82) is 0 Å². The van der Waals surface area contributed by atoms with Gasteiger partial charge in [-0.05, 0) is 23.3 Å². The summed E-state index contributed by atoms with van der Waals surface area (Å²) >= 11 is 0. The number of benzene rings is 2. The van der Waals surface area contributed by atoms with Gasteiger partial charge in [-0.25, -0.2) is 0 Å². The Balaban J connectivity index is 1.56. The number of phenols is 1. The van der Waals surface area contributed by atoms with E-state index in [1.165, 1.54) is 24.3 Å². The van der Waals surface area contributed by atoms with Crippen molar-refractivity contribution in [3.05, 3.63) is 65.7 Å². The molecule has 1 fully saturated rings. The maximum absolute atomic E-state index is 14.3. The Hall–Kier alpha value is -6.52. The van der Waals surface area contributed by atoms with E-state index in [4.69, 9.17) is 11.5 Å². The number of aliphatic hydroxyl groups excluding tert-OH is 3. The van der Waals surface area contributed by atoms with Crippen LogP contribution in [0.15, 0.2) is 64.6 Å². The molecule has 22 heteroatoms. The smallest absolute Gasteiger partial charge is 0.246 e. The van der Waals surface area contributed by atoms with Crippen LogP contribution < -0.4 is 54.0 Å². The average Bonchev–Trinajstić information content (AvgIpc) is 3.86. The summed E-state index contributed by atoms with van der Waals surface area (Å²) in [6, 6.07) is 3.82. The van der Waals surface area contributed by atoms with Crippen molar-refractivity contribution < 1.29 is 49.2 Å². The summed E-state index contributed by atoms with van der Waals surface area (Å²) in [5, 5.41) is 62.9. The molecule has 0 bridgehead atoms. The van der Waals surface area contributed by atoms with Crippen LogP contribution in [0, 0.1) is 0 Å². The standard InChI is InChI=1S/C36H48N12O10/c1-16(18-5-3-2-4-6-18)25-32(56)42-20(11-17-7-9-19(50)10-8-17)31(55)47-27(29(53)22-13-41-36(38)45-22)34(58)48-26(28(52)21-12-40-35(37)44-21)33(57)43-23(15-49)30(54)39-14-24(51)46-25/h2-10,16,20-23,25-29,49-50,52-53H,11-15H2,1H3,(H,39,54)(H,42,56)(H,43,57)(H,46,51)(H,47,55)(H,48,58)(H3,37,40,44)(H3,38,41,45)/t16-,20-,21-,22-,23-,25-,26-,27-,28-,29-/m0/s1. The fourth-order valence-electron chi connectivity index (χ4n) is 6.59. The molecule has 5 rings (SSSR count). The minimum absolute atomic E-state index is 0.0695. The summed E-state index contributed by atoms with van der Waals surface area (Å²) in [6.07, 6.45) is -3.85. The molecule has 58 heavy (non-hydrogen) atoms. The van der Waals surface area contributed by atoms with Crippen molar-refractivity contribution >= 4 is 47.4 Å². The lowest BCUT2D eigenvalue weighted by atomic mass is 9.92. The number of nitrogens with one attached hydrogen (secondary N) is 8. The molecule has 3 aliphatic heterocycles. The van der Waals surface area contributed by atoms with E-state index in [2.05, 4.69) is 52.5 Å². The van der Waals surface area contributed by atoms with Crippen LogP contribution in [-0.4, -0.2) is 149 Å². The van der Waals surface area contributed by atoms with Gasteiger partial charge in [0.1, 0.15) is 48.2 Å². The van der Waals surface area contributed by atoms with Crippen molar-refractivity contribution in [2.75, 3.05) is 26.2 Å². The summed E-state index contributed by atoms with van der Waals surface area (Å²) in [5.41, 5.74) is 12.6. The third kappa shape index (κ3) is 10.7. The summed E-state index contributed by atoms with van der Waals surface area (Å²) in [6.45, 7) is -0.329. The van der Waals surface area contributed by atoms with Gasteiger partial charge in [-0.1, -0.05) is 49.4 Å². The highest BCUT2D eigenvalue weighted by Gasteiger charge is 2.43. The molecule has 0 unspecified atom stereocenters. The number of hydrogen-bond acceptors (Lipinski definition) is 16. The molecule has 6 amide bonds. The zero-order chi connectivity index (χ0) is 42.1. The van der Waals surface area contributed by atoms with Crippen molar-refractivity contribution in [1.82, 2.24) is 42.5 Å². The van der Waals surface area contributed by atoms with Gasteiger partial charge in [0.2, 0.25) is 35.4 Å². The van der Waals surface area contributed by atoms with Crippen LogP contribution in [0.4, 0.5) is 0 Å². The second-order valence-corrected chi connectivity index (χ2v) is 14.0. The normalized spacial score (nSPS) is 27.9. The van der Waals surface area contributed by atoms with Crippen LogP contribution in [0.3, 0.4) is 0 Å². The molecule has 312 valence electrons. The summed E-state index contributed by atoms with van der Waals surface area (Å²) in [4.78, 5) is 91.1. The average molecular weight is 809 g/mol. The second kappa shape index (κ2) is 19.1. The quantitative estimate of drug-likeness (QED) is 0.112. The third-order valence-electron chi connectivity index (χ3n) is 9.92. The van der Waals surface area contributed by atoms with Crippen molar-refractivity contribution in [2.45, 2.75) is 73.8 Å². The first-order valence-electron chi connectivity index (χ1n) is 18.4. The van der Waals surface area contributed by atoms with E-state index in [1.54, 1.807) is 37.3 Å². The Bertz CT molecular complexity index is 1900. The molecule has 3 heterocycles. The number of phenolic OH excluding ortho intramolecular Hbond substituents is 1. The summed E-state index contributed by atoms with van der Waals surface area (Å²) < 4.78 is 0. The van der Waals surface area contributed by atoms with Crippen LogP contribution in [-0.2, 0) is 35.2 Å². The van der Waals surface area contributed by atoms with Gasteiger partial charge < -0.3 is 74.4 Å². The highest BCUT2D eigenvalue weighted by atomic mass is 16.3. The van der Waals surface area contributed by atoms with Gasteiger partial charge in [0.25, 0.3) is 0 Å². The third-order valence-corrected chi connectivity index (χ3v) is 9.92. The molecule has 0 aliphatic carbocycles. The van der Waals surface area contributed by atoms with Gasteiger partial charge in [-0.2, -0.15) is 0 Å². The fourth-order valence-corrected chi connectivity index (χ4v) is 6.59. The van der Waals surface area contributed by atoms with Crippen molar-refractivity contribution in [3.8, 4) is 5.75 Å². The Morgan fingerprint density at radius 1 is 0.655 bits per heavy atom. The van der Waals surface area contributed by atoms with Crippen LogP contribution >= 0.6 is 0 Å². The maximum Gasteiger partial charge on any atom is 0.246 e. The highest BCUT2D eigenvalue weighted by Crippen LogP contribution is 2.20. The highest BCUT2D eigenvalue weighted by molar-refractivity contribution is 5.98. The molecule has 1 saturated heterocycles. The molecule has 2 aromatic carbocycles. The minimum atomic E-state index is -1.94. The van der Waals surface area contributed by atoms with E-state index in [-0.39, 0.29) is 37.2 Å². The van der Waals surface area contributed by atoms with Gasteiger partial charge >= 0.3 is 0 Å².